The summed E-state index contributed by atoms with van der Waals surface area (Å²) in [5.74, 6) is 0.354. The lowest BCUT2D eigenvalue weighted by atomic mass is 10.0. The average molecular weight is 440 g/mol. The van der Waals surface area contributed by atoms with E-state index in [0.717, 1.165) is 59.5 Å². The number of nitrogens with two attached hydrogens (primary N) is 1. The van der Waals surface area contributed by atoms with Crippen molar-refractivity contribution in [2.75, 3.05) is 23.7 Å². The first-order valence-electron chi connectivity index (χ1n) is 11.3. The number of H-pyrrole nitrogens is 2. The number of anilines is 2. The fourth-order valence-corrected chi connectivity index (χ4v) is 4.91. The van der Waals surface area contributed by atoms with Gasteiger partial charge in [0.05, 0.1) is 28.0 Å². The Balaban J connectivity index is 1.60. The number of aromatic amines is 2. The number of nitrogens with one attached hydrogen (secondary N) is 2. The molecule has 1 fully saturated rings. The van der Waals surface area contributed by atoms with E-state index in [1.807, 2.05) is 43.3 Å². The fourth-order valence-electron chi connectivity index (χ4n) is 4.91. The van der Waals surface area contributed by atoms with Crippen LogP contribution in [0.5, 0.6) is 0 Å². The number of aryl methyl sites for hydroxylation is 1. The number of imidazole rings is 1. The highest BCUT2D eigenvalue weighted by molar-refractivity contribution is 5.88. The largest absolute Gasteiger partial charge is 0.369 e. The standard InChI is InChI=1S/C25H25N7O/c1-15-20(17-10-11-18-19(14-17)29-25(26)28-18)24(33)32-23(27-15)22(31-12-6-3-7-13-31)21(30-32)16-8-4-2-5-9-16/h2,4-5,8-11,14,30H,3,6-7,12-13H2,1H3,(H3,26,28,29). The molecule has 1 aliphatic rings. The van der Waals surface area contributed by atoms with Crippen LogP contribution in [0.4, 0.5) is 11.6 Å². The van der Waals surface area contributed by atoms with Gasteiger partial charge in [0.15, 0.2) is 11.6 Å². The Bertz CT molecular complexity index is 1540. The summed E-state index contributed by atoms with van der Waals surface area (Å²) >= 11 is 0. The van der Waals surface area contributed by atoms with Crippen molar-refractivity contribution in [3.63, 3.8) is 0 Å². The van der Waals surface area contributed by atoms with E-state index in [4.69, 9.17) is 10.7 Å². The molecule has 5 aromatic rings. The Labute approximate surface area is 190 Å². The van der Waals surface area contributed by atoms with Gasteiger partial charge in [-0.05, 0) is 43.9 Å². The summed E-state index contributed by atoms with van der Waals surface area (Å²) in [5.41, 5.74) is 12.9. The number of fused-ring (bicyclic) bond motifs is 2. The van der Waals surface area contributed by atoms with Crippen LogP contribution in [0.25, 0.3) is 39.1 Å². The highest BCUT2D eigenvalue weighted by Gasteiger charge is 2.25. The van der Waals surface area contributed by atoms with E-state index in [9.17, 15) is 4.79 Å². The van der Waals surface area contributed by atoms with E-state index in [2.05, 4.69) is 32.1 Å². The van der Waals surface area contributed by atoms with Crippen molar-refractivity contribution in [3.8, 4) is 22.4 Å². The molecular weight excluding hydrogens is 414 g/mol. The molecule has 0 bridgehead atoms. The SMILES string of the molecule is Cc1nc2c(N3CCCCC3)c(-c3ccccc3)[nH]n2c(=O)c1-c1ccc2nc(N)[nH]c2c1. The van der Waals surface area contributed by atoms with E-state index < -0.39 is 0 Å². The van der Waals surface area contributed by atoms with E-state index >= 15 is 0 Å². The predicted molar refractivity (Wildman–Crippen MR) is 132 cm³/mol. The Morgan fingerprint density at radius 1 is 0.970 bits per heavy atom. The van der Waals surface area contributed by atoms with Crippen molar-refractivity contribution >= 4 is 28.3 Å². The topological polar surface area (TPSA) is 108 Å². The van der Waals surface area contributed by atoms with Crippen LogP contribution < -0.4 is 16.2 Å². The van der Waals surface area contributed by atoms with Crippen LogP contribution >= 0.6 is 0 Å². The van der Waals surface area contributed by atoms with Crippen molar-refractivity contribution < 1.29 is 0 Å². The predicted octanol–water partition coefficient (Wildman–Crippen LogP) is 4.11. The van der Waals surface area contributed by atoms with Gasteiger partial charge in [0.2, 0.25) is 0 Å². The highest BCUT2D eigenvalue weighted by Crippen LogP contribution is 2.35. The molecule has 3 aromatic heterocycles. The molecule has 33 heavy (non-hydrogen) atoms. The van der Waals surface area contributed by atoms with Gasteiger partial charge in [-0.15, -0.1) is 0 Å². The number of hydrogen-bond acceptors (Lipinski definition) is 5. The molecule has 2 aromatic carbocycles. The van der Waals surface area contributed by atoms with Gasteiger partial charge in [0.1, 0.15) is 5.69 Å². The third-order valence-corrected chi connectivity index (χ3v) is 6.46. The molecule has 1 saturated heterocycles. The maximum Gasteiger partial charge on any atom is 0.280 e. The molecule has 4 N–H and O–H groups in total. The number of piperidine rings is 1. The molecule has 0 spiro atoms. The van der Waals surface area contributed by atoms with Crippen LogP contribution in [0.2, 0.25) is 0 Å². The van der Waals surface area contributed by atoms with Crippen LogP contribution in [0, 0.1) is 6.92 Å². The van der Waals surface area contributed by atoms with E-state index in [-0.39, 0.29) is 5.56 Å². The summed E-state index contributed by atoms with van der Waals surface area (Å²) in [6, 6.07) is 15.8. The molecule has 6 rings (SSSR count). The zero-order valence-corrected chi connectivity index (χ0v) is 18.4. The zero-order valence-electron chi connectivity index (χ0n) is 18.4. The molecule has 8 heteroatoms. The smallest absolute Gasteiger partial charge is 0.280 e. The number of nitrogen functional groups attached to an aromatic ring is 1. The minimum Gasteiger partial charge on any atom is -0.369 e. The minimum absolute atomic E-state index is 0.121. The molecule has 8 nitrogen and oxygen atoms in total. The Kier molecular flexibility index (Phi) is 4.46. The van der Waals surface area contributed by atoms with Crippen molar-refractivity contribution in [3.05, 3.63) is 64.6 Å². The summed E-state index contributed by atoms with van der Waals surface area (Å²) in [6.45, 7) is 3.82. The Morgan fingerprint density at radius 3 is 2.55 bits per heavy atom. The lowest BCUT2D eigenvalue weighted by molar-refractivity contribution is 0.579. The normalized spacial score (nSPS) is 14.4. The van der Waals surface area contributed by atoms with Crippen molar-refractivity contribution in [2.24, 2.45) is 0 Å². The monoisotopic (exact) mass is 439 g/mol. The summed E-state index contributed by atoms with van der Waals surface area (Å²) < 4.78 is 1.60. The van der Waals surface area contributed by atoms with Crippen molar-refractivity contribution in [2.45, 2.75) is 26.2 Å². The number of hydrogen-bond donors (Lipinski definition) is 3. The number of nitrogens with zero attached hydrogens (tertiary/aromatic N) is 4. The maximum atomic E-state index is 13.8. The van der Waals surface area contributed by atoms with Crippen LogP contribution in [-0.4, -0.2) is 37.7 Å². The van der Waals surface area contributed by atoms with Gasteiger partial charge in [0.25, 0.3) is 5.56 Å². The molecule has 0 radical (unpaired) electrons. The fraction of sp³-hybridized carbons (Fsp3) is 0.240. The number of benzene rings is 2. The second kappa shape index (κ2) is 7.51. The lowest BCUT2D eigenvalue weighted by Gasteiger charge is -2.28. The van der Waals surface area contributed by atoms with Crippen LogP contribution in [0.1, 0.15) is 25.0 Å². The summed E-state index contributed by atoms with van der Waals surface area (Å²) in [5, 5.41) is 3.38. The first kappa shape index (κ1) is 19.6. The molecular formula is C25H25N7O. The van der Waals surface area contributed by atoms with Gasteiger partial charge < -0.3 is 15.6 Å². The van der Waals surface area contributed by atoms with Crippen LogP contribution in [-0.2, 0) is 0 Å². The molecule has 166 valence electrons. The van der Waals surface area contributed by atoms with Gasteiger partial charge in [0, 0.05) is 18.7 Å². The molecule has 0 atom stereocenters. The van der Waals surface area contributed by atoms with Crippen LogP contribution in [0.3, 0.4) is 0 Å². The zero-order chi connectivity index (χ0) is 22.5. The second-order valence-electron chi connectivity index (χ2n) is 8.64. The van der Waals surface area contributed by atoms with Crippen molar-refractivity contribution in [1.82, 2.24) is 24.6 Å². The third kappa shape index (κ3) is 3.17. The molecule has 0 amide bonds. The summed E-state index contributed by atoms with van der Waals surface area (Å²) in [7, 11) is 0. The van der Waals surface area contributed by atoms with Crippen LogP contribution in [0.15, 0.2) is 53.3 Å². The highest BCUT2D eigenvalue weighted by atomic mass is 16.1. The molecule has 4 heterocycles. The van der Waals surface area contributed by atoms with E-state index in [1.165, 1.54) is 6.42 Å². The van der Waals surface area contributed by atoms with Gasteiger partial charge in [-0.1, -0.05) is 36.4 Å². The summed E-state index contributed by atoms with van der Waals surface area (Å²) in [4.78, 5) is 28.4. The Morgan fingerprint density at radius 2 is 1.76 bits per heavy atom. The molecule has 0 unspecified atom stereocenters. The molecule has 1 aliphatic heterocycles. The van der Waals surface area contributed by atoms with E-state index in [1.54, 1.807) is 4.52 Å². The summed E-state index contributed by atoms with van der Waals surface area (Å²) in [6.07, 6.45) is 3.51. The minimum atomic E-state index is -0.121. The second-order valence-corrected chi connectivity index (χ2v) is 8.64. The average Bonchev–Trinajstić information content (AvgIpc) is 3.40. The quantitative estimate of drug-likeness (QED) is 0.392. The first-order valence-corrected chi connectivity index (χ1v) is 11.3. The maximum absolute atomic E-state index is 13.8. The van der Waals surface area contributed by atoms with Gasteiger partial charge >= 0.3 is 0 Å². The van der Waals surface area contributed by atoms with Gasteiger partial charge in [-0.25, -0.2) is 9.97 Å². The Hall–Kier alpha value is -4.07. The van der Waals surface area contributed by atoms with E-state index in [0.29, 0.717) is 22.9 Å². The lowest BCUT2D eigenvalue weighted by Crippen LogP contribution is -2.30. The van der Waals surface area contributed by atoms with Gasteiger partial charge in [-0.2, -0.15) is 4.52 Å². The third-order valence-electron chi connectivity index (χ3n) is 6.46. The van der Waals surface area contributed by atoms with Gasteiger partial charge in [-0.3, -0.25) is 9.89 Å². The molecule has 0 saturated carbocycles. The number of rotatable bonds is 3. The number of aromatic nitrogens is 5. The van der Waals surface area contributed by atoms with Crippen molar-refractivity contribution in [1.29, 1.82) is 0 Å². The first-order chi connectivity index (χ1) is 16.1. The molecule has 0 aliphatic carbocycles.